The maximum atomic E-state index is 7.97. The number of hydrogen-bond acceptors (Lipinski definition) is 2. The van der Waals surface area contributed by atoms with Gasteiger partial charge in [-0.15, -0.1) is 0 Å². The summed E-state index contributed by atoms with van der Waals surface area (Å²) < 4.78 is 0. The molecule has 0 heterocycles. The number of nitrogens with two attached hydrogens (primary N) is 1. The minimum Gasteiger partial charge on any atom is -0.398 e. The van der Waals surface area contributed by atoms with E-state index in [0.29, 0.717) is 11.4 Å². The van der Waals surface area contributed by atoms with Crippen LogP contribution < -0.4 is 5.73 Å². The normalized spacial score (nSPS) is 12.7. The maximum absolute atomic E-state index is 7.97. The van der Waals surface area contributed by atoms with Gasteiger partial charge in [-0.05, 0) is 24.1 Å². The number of allylic oxidation sites excluding steroid dienone is 5. The van der Waals surface area contributed by atoms with E-state index >= 15 is 0 Å². The van der Waals surface area contributed by atoms with Crippen molar-refractivity contribution in [1.29, 1.82) is 5.41 Å². The highest BCUT2D eigenvalue weighted by molar-refractivity contribution is 6.07. The molecule has 0 saturated carbocycles. The van der Waals surface area contributed by atoms with E-state index in [-0.39, 0.29) is 0 Å². The van der Waals surface area contributed by atoms with Crippen LogP contribution in [0.3, 0.4) is 0 Å². The van der Waals surface area contributed by atoms with Crippen molar-refractivity contribution in [3.63, 3.8) is 0 Å². The molecule has 0 aliphatic carbocycles. The summed E-state index contributed by atoms with van der Waals surface area (Å²) in [5.74, 6) is 0. The van der Waals surface area contributed by atoms with E-state index in [1.165, 1.54) is 0 Å². The van der Waals surface area contributed by atoms with E-state index in [0.717, 1.165) is 11.1 Å². The SMILES string of the molecule is C=CC(=C\C=C/C)/C(N)=C/C(=N)c1ccccc1. The Morgan fingerprint density at radius 2 is 1.94 bits per heavy atom. The first-order valence-electron chi connectivity index (χ1n) is 5.76. The molecule has 2 nitrogen and oxygen atoms in total. The molecule has 0 spiro atoms. The lowest BCUT2D eigenvalue weighted by Crippen LogP contribution is -2.04. The second-order valence-electron chi connectivity index (χ2n) is 3.73. The average Bonchev–Trinajstić information content (AvgIpc) is 2.40. The molecular formula is C16H18N2. The van der Waals surface area contributed by atoms with Gasteiger partial charge in [-0.3, -0.25) is 0 Å². The van der Waals surface area contributed by atoms with E-state index in [2.05, 4.69) is 6.58 Å². The number of rotatable bonds is 5. The molecule has 92 valence electrons. The maximum Gasteiger partial charge on any atom is 0.0632 e. The van der Waals surface area contributed by atoms with Crippen molar-refractivity contribution >= 4 is 5.71 Å². The second-order valence-corrected chi connectivity index (χ2v) is 3.73. The standard InChI is InChI=1S/C16H18N2/c1-3-5-9-13(4-2)15(17)12-16(18)14-10-7-6-8-11-14/h3-12,18H,2,17H2,1H3/b5-3-,13-9+,15-12-,18-16?. The second kappa shape index (κ2) is 7.07. The molecule has 0 unspecified atom stereocenters. The van der Waals surface area contributed by atoms with Gasteiger partial charge in [0.2, 0.25) is 0 Å². The summed E-state index contributed by atoms with van der Waals surface area (Å²) in [7, 11) is 0. The third-order valence-corrected chi connectivity index (χ3v) is 2.41. The summed E-state index contributed by atoms with van der Waals surface area (Å²) in [5.41, 5.74) is 8.54. The van der Waals surface area contributed by atoms with Crippen LogP contribution in [-0.2, 0) is 0 Å². The fourth-order valence-electron chi connectivity index (χ4n) is 1.42. The summed E-state index contributed by atoms with van der Waals surface area (Å²) >= 11 is 0. The minimum absolute atomic E-state index is 0.390. The first kappa shape index (κ1) is 13.7. The Hall–Kier alpha value is -2.35. The lowest BCUT2D eigenvalue weighted by atomic mass is 10.1. The fourth-order valence-corrected chi connectivity index (χ4v) is 1.42. The lowest BCUT2D eigenvalue weighted by molar-refractivity contribution is 1.35. The van der Waals surface area contributed by atoms with E-state index in [9.17, 15) is 0 Å². The van der Waals surface area contributed by atoms with E-state index in [1.807, 2.05) is 55.5 Å². The van der Waals surface area contributed by atoms with Crippen LogP contribution in [0.1, 0.15) is 12.5 Å². The molecule has 0 aromatic heterocycles. The van der Waals surface area contributed by atoms with Crippen LogP contribution >= 0.6 is 0 Å². The number of benzene rings is 1. The van der Waals surface area contributed by atoms with Gasteiger partial charge in [-0.1, -0.05) is 61.2 Å². The molecule has 0 amide bonds. The molecule has 0 aliphatic rings. The van der Waals surface area contributed by atoms with Crippen LogP contribution in [0.25, 0.3) is 0 Å². The average molecular weight is 238 g/mol. The predicted octanol–water partition coefficient (Wildman–Crippen LogP) is 3.59. The van der Waals surface area contributed by atoms with Crippen molar-refractivity contribution in [1.82, 2.24) is 0 Å². The first-order valence-corrected chi connectivity index (χ1v) is 5.76. The molecule has 0 radical (unpaired) electrons. The van der Waals surface area contributed by atoms with Gasteiger partial charge in [0.25, 0.3) is 0 Å². The molecule has 1 aromatic carbocycles. The summed E-state index contributed by atoms with van der Waals surface area (Å²) in [4.78, 5) is 0. The molecule has 0 saturated heterocycles. The number of nitrogens with one attached hydrogen (secondary N) is 1. The molecule has 2 heteroatoms. The molecule has 0 atom stereocenters. The first-order chi connectivity index (χ1) is 8.69. The van der Waals surface area contributed by atoms with Gasteiger partial charge < -0.3 is 11.1 Å². The zero-order chi connectivity index (χ0) is 13.4. The van der Waals surface area contributed by atoms with Crippen LogP contribution in [-0.4, -0.2) is 5.71 Å². The highest BCUT2D eigenvalue weighted by atomic mass is 14.6. The molecule has 0 fully saturated rings. The Kier molecular flexibility index (Phi) is 5.39. The molecule has 18 heavy (non-hydrogen) atoms. The van der Waals surface area contributed by atoms with E-state index in [1.54, 1.807) is 12.2 Å². The van der Waals surface area contributed by atoms with Crippen LogP contribution in [0.4, 0.5) is 0 Å². The van der Waals surface area contributed by atoms with Gasteiger partial charge in [0.1, 0.15) is 0 Å². The summed E-state index contributed by atoms with van der Waals surface area (Å²) in [6, 6.07) is 9.49. The smallest absolute Gasteiger partial charge is 0.0632 e. The molecular weight excluding hydrogens is 220 g/mol. The van der Waals surface area contributed by atoms with Crippen LogP contribution in [0.15, 0.2) is 78.6 Å². The Balaban J connectivity index is 2.95. The fraction of sp³-hybridized carbons (Fsp3) is 0.0625. The van der Waals surface area contributed by atoms with E-state index < -0.39 is 0 Å². The molecule has 1 rings (SSSR count). The van der Waals surface area contributed by atoms with Crippen molar-refractivity contribution < 1.29 is 0 Å². The van der Waals surface area contributed by atoms with E-state index in [4.69, 9.17) is 11.1 Å². The van der Waals surface area contributed by atoms with Gasteiger partial charge in [0.05, 0.1) is 5.71 Å². The van der Waals surface area contributed by atoms with Crippen molar-refractivity contribution in [3.05, 3.63) is 84.1 Å². The minimum atomic E-state index is 0.390. The monoisotopic (exact) mass is 238 g/mol. The Morgan fingerprint density at radius 1 is 1.28 bits per heavy atom. The summed E-state index contributed by atoms with van der Waals surface area (Å²) in [6.07, 6.45) is 9.01. The van der Waals surface area contributed by atoms with Crippen molar-refractivity contribution in [2.75, 3.05) is 0 Å². The van der Waals surface area contributed by atoms with Gasteiger partial charge >= 0.3 is 0 Å². The third-order valence-electron chi connectivity index (χ3n) is 2.41. The molecule has 1 aromatic rings. The van der Waals surface area contributed by atoms with Crippen molar-refractivity contribution in [2.24, 2.45) is 5.73 Å². The van der Waals surface area contributed by atoms with Crippen LogP contribution in [0, 0.1) is 5.41 Å². The predicted molar refractivity (Wildman–Crippen MR) is 78.6 cm³/mol. The lowest BCUT2D eigenvalue weighted by Gasteiger charge is -2.03. The van der Waals surface area contributed by atoms with Crippen LogP contribution in [0.5, 0.6) is 0 Å². The van der Waals surface area contributed by atoms with Gasteiger partial charge in [-0.25, -0.2) is 0 Å². The highest BCUT2D eigenvalue weighted by Crippen LogP contribution is 2.08. The Bertz CT molecular complexity index is 505. The Labute approximate surface area is 108 Å². The van der Waals surface area contributed by atoms with Crippen LogP contribution in [0.2, 0.25) is 0 Å². The molecule has 3 N–H and O–H groups in total. The number of hydrogen-bond donors (Lipinski definition) is 2. The zero-order valence-corrected chi connectivity index (χ0v) is 10.6. The van der Waals surface area contributed by atoms with Gasteiger partial charge in [-0.2, -0.15) is 0 Å². The highest BCUT2D eigenvalue weighted by Gasteiger charge is 2.00. The largest absolute Gasteiger partial charge is 0.398 e. The summed E-state index contributed by atoms with van der Waals surface area (Å²) in [6.45, 7) is 5.66. The topological polar surface area (TPSA) is 49.9 Å². The van der Waals surface area contributed by atoms with Gasteiger partial charge in [0, 0.05) is 5.70 Å². The van der Waals surface area contributed by atoms with Crippen molar-refractivity contribution in [3.8, 4) is 0 Å². The Morgan fingerprint density at radius 3 is 2.50 bits per heavy atom. The van der Waals surface area contributed by atoms with Gasteiger partial charge in [0.15, 0.2) is 0 Å². The molecule has 0 aliphatic heterocycles. The quantitative estimate of drug-likeness (QED) is 0.597. The summed E-state index contributed by atoms with van der Waals surface area (Å²) in [5, 5.41) is 7.97. The third kappa shape index (κ3) is 3.91. The molecule has 0 bridgehead atoms. The zero-order valence-electron chi connectivity index (χ0n) is 10.6. The van der Waals surface area contributed by atoms with Crippen molar-refractivity contribution in [2.45, 2.75) is 6.92 Å².